The highest BCUT2D eigenvalue weighted by atomic mass is 32.2. The molecule has 0 N–H and O–H groups in total. The van der Waals surface area contributed by atoms with Crippen LogP contribution in [0.4, 0.5) is 0 Å². The molecule has 1 aliphatic carbocycles. The molecule has 21 heavy (non-hydrogen) atoms. The maximum absolute atomic E-state index is 12.3. The summed E-state index contributed by atoms with van der Waals surface area (Å²) in [6.45, 7) is 2.38. The van der Waals surface area contributed by atoms with Gasteiger partial charge in [0, 0.05) is 0 Å². The highest BCUT2D eigenvalue weighted by Gasteiger charge is 2.56. The van der Waals surface area contributed by atoms with E-state index in [1.54, 1.807) is 0 Å². The van der Waals surface area contributed by atoms with E-state index in [2.05, 4.69) is 30.3 Å². The lowest BCUT2D eigenvalue weighted by Crippen LogP contribution is -2.31. The van der Waals surface area contributed by atoms with Gasteiger partial charge >= 0.3 is 5.97 Å². The van der Waals surface area contributed by atoms with Crippen molar-refractivity contribution in [1.82, 2.24) is 0 Å². The van der Waals surface area contributed by atoms with Crippen LogP contribution in [0.5, 0.6) is 0 Å². The van der Waals surface area contributed by atoms with Crippen LogP contribution >= 0.6 is 23.5 Å². The average molecular weight is 322 g/mol. The highest BCUT2D eigenvalue weighted by Crippen LogP contribution is 2.62. The molecule has 4 heteroatoms. The van der Waals surface area contributed by atoms with Gasteiger partial charge in [-0.25, -0.2) is 0 Å². The number of ether oxygens (including phenoxy) is 1. The molecular formula is C17H22O2S2. The Bertz CT molecular complexity index is 491. The number of carbonyl (C=O) groups excluding carboxylic acids is 1. The third-order valence-electron chi connectivity index (χ3n) is 4.31. The summed E-state index contributed by atoms with van der Waals surface area (Å²) in [5, 5.41) is 0. The molecule has 0 spiro atoms. The topological polar surface area (TPSA) is 26.3 Å². The fraction of sp³-hybridized carbons (Fsp3) is 0.588. The summed E-state index contributed by atoms with van der Waals surface area (Å²) in [7, 11) is 0. The minimum atomic E-state index is -0.219. The predicted molar refractivity (Wildman–Crippen MR) is 90.6 cm³/mol. The molecule has 1 aromatic carbocycles. The Morgan fingerprint density at radius 2 is 1.86 bits per heavy atom. The van der Waals surface area contributed by atoms with Crippen molar-refractivity contribution in [1.29, 1.82) is 0 Å². The van der Waals surface area contributed by atoms with Crippen molar-refractivity contribution in [3.63, 3.8) is 0 Å². The Morgan fingerprint density at radius 1 is 1.19 bits per heavy atom. The predicted octanol–water partition coefficient (Wildman–Crippen LogP) is 4.44. The second-order valence-corrected chi connectivity index (χ2v) is 8.89. The van der Waals surface area contributed by atoms with E-state index in [1.165, 1.54) is 23.5 Å². The Hall–Kier alpha value is -0.610. The first kappa shape index (κ1) is 15.3. The van der Waals surface area contributed by atoms with Gasteiger partial charge in [0.2, 0.25) is 0 Å². The number of thioether (sulfide) groups is 2. The summed E-state index contributed by atoms with van der Waals surface area (Å²) in [5.41, 5.74) is 1.14. The van der Waals surface area contributed by atoms with Gasteiger partial charge in [-0.1, -0.05) is 30.3 Å². The smallest absolute Gasteiger partial charge is 0.312 e. The van der Waals surface area contributed by atoms with Crippen LogP contribution in [0.2, 0.25) is 0 Å². The van der Waals surface area contributed by atoms with Crippen LogP contribution < -0.4 is 0 Å². The van der Waals surface area contributed by atoms with Gasteiger partial charge in [-0.3, -0.25) is 4.79 Å². The molecule has 3 rings (SSSR count). The fourth-order valence-corrected chi connectivity index (χ4v) is 6.59. The maximum atomic E-state index is 12.3. The Kier molecular flexibility index (Phi) is 4.55. The molecule has 0 radical (unpaired) electrons. The fourth-order valence-electron chi connectivity index (χ4n) is 2.97. The molecule has 2 aliphatic rings. The second kappa shape index (κ2) is 6.25. The Balaban J connectivity index is 1.85. The minimum Gasteiger partial charge on any atom is -0.466 e. The molecule has 0 amide bonds. The molecule has 0 bridgehead atoms. The third-order valence-corrected chi connectivity index (χ3v) is 7.69. The van der Waals surface area contributed by atoms with E-state index in [0.717, 1.165) is 19.3 Å². The Labute approximate surface area is 135 Å². The van der Waals surface area contributed by atoms with E-state index in [0.29, 0.717) is 6.61 Å². The van der Waals surface area contributed by atoms with Crippen molar-refractivity contribution < 1.29 is 9.53 Å². The number of rotatable bonds is 5. The van der Waals surface area contributed by atoms with Crippen molar-refractivity contribution >= 4 is 29.5 Å². The monoisotopic (exact) mass is 322 g/mol. The van der Waals surface area contributed by atoms with E-state index >= 15 is 0 Å². The molecular weight excluding hydrogens is 300 g/mol. The lowest BCUT2D eigenvalue weighted by molar-refractivity contribution is -0.150. The quantitative estimate of drug-likeness (QED) is 0.749. The summed E-state index contributed by atoms with van der Waals surface area (Å²) in [6, 6.07) is 10.7. The average Bonchev–Trinajstić information content (AvgIpc) is 3.30. The van der Waals surface area contributed by atoms with Gasteiger partial charge in [-0.2, -0.15) is 0 Å². The molecule has 0 aromatic heterocycles. The maximum Gasteiger partial charge on any atom is 0.312 e. The molecule has 1 heterocycles. The second-order valence-electron chi connectivity index (χ2n) is 5.85. The zero-order valence-corrected chi connectivity index (χ0v) is 14.1. The van der Waals surface area contributed by atoms with Gasteiger partial charge in [0.1, 0.15) is 0 Å². The van der Waals surface area contributed by atoms with Crippen LogP contribution in [0.25, 0.3) is 0 Å². The lowest BCUT2D eigenvalue weighted by atomic mass is 9.95. The van der Waals surface area contributed by atoms with Gasteiger partial charge in [-0.15, -0.1) is 23.5 Å². The van der Waals surface area contributed by atoms with E-state index in [1.807, 2.05) is 30.4 Å². The standard InChI is InChI=1S/C17H22O2S2/c1-2-19-15(18)16(9-10-16)13-17(20-11-6-12-21-17)14-7-4-3-5-8-14/h3-5,7-8H,2,6,9-13H2,1H3. The summed E-state index contributed by atoms with van der Waals surface area (Å²) in [5.74, 6) is 2.38. The SMILES string of the molecule is CCOC(=O)C1(CC2(c3ccccc3)SCCCS2)CC1. The van der Waals surface area contributed by atoms with E-state index in [4.69, 9.17) is 4.74 Å². The number of benzene rings is 1. The molecule has 1 aliphatic heterocycles. The summed E-state index contributed by atoms with van der Waals surface area (Å²) in [6.07, 6.45) is 4.15. The molecule has 0 unspecified atom stereocenters. The van der Waals surface area contributed by atoms with Crippen LogP contribution in [0.1, 0.15) is 38.2 Å². The number of carbonyl (C=O) groups is 1. The van der Waals surface area contributed by atoms with Crippen LogP contribution in [0.15, 0.2) is 30.3 Å². The zero-order chi connectivity index (χ0) is 14.8. The molecule has 2 nitrogen and oxygen atoms in total. The van der Waals surface area contributed by atoms with Gasteiger partial charge < -0.3 is 4.74 Å². The van der Waals surface area contributed by atoms with Crippen molar-refractivity contribution in [2.75, 3.05) is 18.1 Å². The first-order valence-corrected chi connectivity index (χ1v) is 9.69. The number of hydrogen-bond donors (Lipinski definition) is 0. The van der Waals surface area contributed by atoms with Gasteiger partial charge in [0.25, 0.3) is 0 Å². The van der Waals surface area contributed by atoms with Crippen LogP contribution in [0.3, 0.4) is 0 Å². The van der Waals surface area contributed by atoms with Crippen LogP contribution in [-0.4, -0.2) is 24.1 Å². The van der Waals surface area contributed by atoms with Crippen molar-refractivity contribution in [3.8, 4) is 0 Å². The summed E-state index contributed by atoms with van der Waals surface area (Å²) < 4.78 is 5.36. The number of hydrogen-bond acceptors (Lipinski definition) is 4. The normalized spacial score (nSPS) is 22.5. The van der Waals surface area contributed by atoms with Crippen LogP contribution in [-0.2, 0) is 13.6 Å². The molecule has 114 valence electrons. The first-order chi connectivity index (χ1) is 10.2. The molecule has 1 saturated carbocycles. The van der Waals surface area contributed by atoms with Gasteiger partial charge in [0.15, 0.2) is 0 Å². The minimum absolute atomic E-state index is 0.0204. The van der Waals surface area contributed by atoms with Crippen LogP contribution in [0, 0.1) is 5.41 Å². The first-order valence-electron chi connectivity index (χ1n) is 7.71. The van der Waals surface area contributed by atoms with E-state index in [-0.39, 0.29) is 15.5 Å². The molecule has 2 fully saturated rings. The summed E-state index contributed by atoms with van der Waals surface area (Å²) >= 11 is 4.04. The summed E-state index contributed by atoms with van der Waals surface area (Å²) in [4.78, 5) is 12.3. The van der Waals surface area contributed by atoms with E-state index < -0.39 is 0 Å². The molecule has 1 saturated heterocycles. The van der Waals surface area contributed by atoms with Gasteiger partial charge in [0.05, 0.1) is 16.1 Å². The van der Waals surface area contributed by atoms with Crippen molar-refractivity contribution in [2.45, 2.75) is 36.7 Å². The van der Waals surface area contributed by atoms with Crippen molar-refractivity contribution in [3.05, 3.63) is 35.9 Å². The third kappa shape index (κ3) is 3.11. The van der Waals surface area contributed by atoms with Gasteiger partial charge in [-0.05, 0) is 49.7 Å². The van der Waals surface area contributed by atoms with E-state index in [9.17, 15) is 4.79 Å². The van der Waals surface area contributed by atoms with Crippen molar-refractivity contribution in [2.24, 2.45) is 5.41 Å². The zero-order valence-electron chi connectivity index (χ0n) is 12.5. The molecule has 1 aromatic rings. The Morgan fingerprint density at radius 3 is 2.43 bits per heavy atom. The number of esters is 1. The molecule has 0 atom stereocenters. The largest absolute Gasteiger partial charge is 0.466 e. The highest BCUT2D eigenvalue weighted by molar-refractivity contribution is 8.18. The lowest BCUT2D eigenvalue weighted by Gasteiger charge is -2.38.